The summed E-state index contributed by atoms with van der Waals surface area (Å²) in [6, 6.07) is 15.9. The fourth-order valence-corrected chi connectivity index (χ4v) is 2.44. The van der Waals surface area contributed by atoms with Gasteiger partial charge >= 0.3 is 0 Å². The number of aryl methyl sites for hydroxylation is 1. The molecule has 0 amide bonds. The summed E-state index contributed by atoms with van der Waals surface area (Å²) in [6.45, 7) is 0. The Morgan fingerprint density at radius 2 is 1.57 bits per heavy atom. The summed E-state index contributed by atoms with van der Waals surface area (Å²) in [5, 5.41) is 10.1. The van der Waals surface area contributed by atoms with Crippen molar-refractivity contribution in [2.45, 2.75) is 25.4 Å². The third-order valence-electron chi connectivity index (χ3n) is 3.67. The molecule has 2 aromatic carbocycles. The smallest absolute Gasteiger partial charge is 0.119 e. The van der Waals surface area contributed by atoms with Crippen molar-refractivity contribution in [1.29, 1.82) is 0 Å². The summed E-state index contributed by atoms with van der Waals surface area (Å²) in [7, 11) is 3.32. The van der Waals surface area contributed by atoms with E-state index in [-0.39, 0.29) is 0 Å². The first-order valence-electron chi connectivity index (χ1n) is 7.82. The standard InChI is InChI=1S/C20H24O3/c1-22-19-11-5-8-16(14-19)7-3-4-10-18(21)13-17-9-6-12-20(15-17)23-2/h4-6,8-12,14-15,18,21H,3,7,13H2,1-2H3/b10-4+. The summed E-state index contributed by atoms with van der Waals surface area (Å²) < 4.78 is 10.4. The van der Waals surface area contributed by atoms with Gasteiger partial charge in [-0.3, -0.25) is 0 Å². The van der Waals surface area contributed by atoms with Gasteiger partial charge in [0.25, 0.3) is 0 Å². The Morgan fingerprint density at radius 1 is 0.957 bits per heavy atom. The summed E-state index contributed by atoms with van der Waals surface area (Å²) in [5.74, 6) is 1.70. The highest BCUT2D eigenvalue weighted by Gasteiger charge is 2.02. The lowest BCUT2D eigenvalue weighted by Crippen LogP contribution is -2.06. The summed E-state index contributed by atoms with van der Waals surface area (Å²) in [4.78, 5) is 0. The van der Waals surface area contributed by atoms with Gasteiger partial charge in [0.2, 0.25) is 0 Å². The quantitative estimate of drug-likeness (QED) is 0.754. The van der Waals surface area contributed by atoms with E-state index >= 15 is 0 Å². The van der Waals surface area contributed by atoms with Gasteiger partial charge < -0.3 is 14.6 Å². The van der Waals surface area contributed by atoms with E-state index in [1.54, 1.807) is 14.2 Å². The molecule has 0 aromatic heterocycles. The maximum absolute atomic E-state index is 10.1. The van der Waals surface area contributed by atoms with Crippen LogP contribution in [0.15, 0.2) is 60.7 Å². The first kappa shape index (κ1) is 17.1. The van der Waals surface area contributed by atoms with Crippen molar-refractivity contribution in [3.63, 3.8) is 0 Å². The minimum atomic E-state index is -0.479. The molecule has 1 atom stereocenters. The molecule has 2 aromatic rings. The highest BCUT2D eigenvalue weighted by Crippen LogP contribution is 2.15. The first-order valence-corrected chi connectivity index (χ1v) is 7.82. The van der Waals surface area contributed by atoms with E-state index in [0.717, 1.165) is 29.9 Å². The van der Waals surface area contributed by atoms with Gasteiger partial charge in [-0.05, 0) is 48.2 Å². The summed E-state index contributed by atoms with van der Waals surface area (Å²) >= 11 is 0. The molecule has 0 spiro atoms. The third kappa shape index (κ3) is 5.80. The molecule has 0 aliphatic heterocycles. The zero-order valence-electron chi connectivity index (χ0n) is 13.7. The molecule has 0 bridgehead atoms. The highest BCUT2D eigenvalue weighted by molar-refractivity contribution is 5.30. The molecule has 0 fully saturated rings. The monoisotopic (exact) mass is 312 g/mol. The number of aliphatic hydroxyl groups excluding tert-OH is 1. The number of rotatable bonds is 8. The predicted octanol–water partition coefficient (Wildman–Crippen LogP) is 3.80. The Hall–Kier alpha value is -2.26. The molecule has 0 saturated heterocycles. The number of aliphatic hydroxyl groups is 1. The van der Waals surface area contributed by atoms with Crippen LogP contribution in [0.5, 0.6) is 11.5 Å². The van der Waals surface area contributed by atoms with Gasteiger partial charge in [0, 0.05) is 6.42 Å². The first-order chi connectivity index (χ1) is 11.2. The second kappa shape index (κ2) is 9.01. The second-order valence-corrected chi connectivity index (χ2v) is 5.44. The Labute approximate surface area is 138 Å². The molecule has 3 nitrogen and oxygen atoms in total. The zero-order valence-corrected chi connectivity index (χ0v) is 13.7. The highest BCUT2D eigenvalue weighted by atomic mass is 16.5. The van der Waals surface area contributed by atoms with Crippen LogP contribution in [0.4, 0.5) is 0 Å². The topological polar surface area (TPSA) is 38.7 Å². The van der Waals surface area contributed by atoms with E-state index in [4.69, 9.17) is 9.47 Å². The average Bonchev–Trinajstić information content (AvgIpc) is 2.59. The number of allylic oxidation sites excluding steroid dienone is 1. The van der Waals surface area contributed by atoms with Crippen LogP contribution in [0.25, 0.3) is 0 Å². The van der Waals surface area contributed by atoms with Crippen LogP contribution in [-0.4, -0.2) is 25.4 Å². The number of benzene rings is 2. The molecule has 3 heteroatoms. The SMILES string of the molecule is COc1cccc(CC/C=C/C(O)Cc2cccc(OC)c2)c1. The minimum absolute atomic E-state index is 0.479. The lowest BCUT2D eigenvalue weighted by molar-refractivity contribution is 0.223. The Morgan fingerprint density at radius 3 is 2.22 bits per heavy atom. The van der Waals surface area contributed by atoms with Crippen LogP contribution in [0.2, 0.25) is 0 Å². The maximum atomic E-state index is 10.1. The van der Waals surface area contributed by atoms with Crippen LogP contribution in [0, 0.1) is 0 Å². The van der Waals surface area contributed by atoms with Gasteiger partial charge in [-0.15, -0.1) is 0 Å². The lowest BCUT2D eigenvalue weighted by atomic mass is 10.1. The van der Waals surface area contributed by atoms with Crippen LogP contribution in [0.1, 0.15) is 17.5 Å². The molecule has 0 saturated carbocycles. The Bertz CT molecular complexity index is 634. The largest absolute Gasteiger partial charge is 0.497 e. The van der Waals surface area contributed by atoms with Gasteiger partial charge in [-0.2, -0.15) is 0 Å². The molecule has 0 heterocycles. The number of hydrogen-bond acceptors (Lipinski definition) is 3. The van der Waals surface area contributed by atoms with Crippen LogP contribution >= 0.6 is 0 Å². The number of methoxy groups -OCH3 is 2. The number of hydrogen-bond donors (Lipinski definition) is 1. The van der Waals surface area contributed by atoms with Crippen molar-refractivity contribution in [3.8, 4) is 11.5 Å². The van der Waals surface area contributed by atoms with Crippen LogP contribution in [-0.2, 0) is 12.8 Å². The molecule has 0 aliphatic rings. The second-order valence-electron chi connectivity index (χ2n) is 5.44. The molecule has 23 heavy (non-hydrogen) atoms. The van der Waals surface area contributed by atoms with E-state index in [9.17, 15) is 5.11 Å². The van der Waals surface area contributed by atoms with Crippen molar-refractivity contribution in [3.05, 3.63) is 71.8 Å². The van der Waals surface area contributed by atoms with E-state index in [0.29, 0.717) is 6.42 Å². The lowest BCUT2D eigenvalue weighted by Gasteiger charge is -2.07. The van der Waals surface area contributed by atoms with E-state index in [1.807, 2.05) is 54.6 Å². The molecular weight excluding hydrogens is 288 g/mol. The zero-order chi connectivity index (χ0) is 16.5. The van der Waals surface area contributed by atoms with Gasteiger partial charge in [-0.25, -0.2) is 0 Å². The molecule has 1 N–H and O–H groups in total. The van der Waals surface area contributed by atoms with Gasteiger partial charge in [0.15, 0.2) is 0 Å². The minimum Gasteiger partial charge on any atom is -0.497 e. The van der Waals surface area contributed by atoms with Crippen molar-refractivity contribution in [2.75, 3.05) is 14.2 Å². The van der Waals surface area contributed by atoms with Crippen molar-refractivity contribution >= 4 is 0 Å². The molecule has 0 aliphatic carbocycles. The summed E-state index contributed by atoms with van der Waals surface area (Å²) in [5.41, 5.74) is 2.30. The molecule has 1 unspecified atom stereocenters. The van der Waals surface area contributed by atoms with E-state index < -0.39 is 6.10 Å². The molecule has 0 radical (unpaired) electrons. The number of ether oxygens (including phenoxy) is 2. The fourth-order valence-electron chi connectivity index (χ4n) is 2.44. The van der Waals surface area contributed by atoms with Crippen molar-refractivity contribution < 1.29 is 14.6 Å². The summed E-state index contributed by atoms with van der Waals surface area (Å²) in [6.07, 6.45) is 5.83. The molecule has 122 valence electrons. The molecular formula is C20H24O3. The third-order valence-corrected chi connectivity index (χ3v) is 3.67. The predicted molar refractivity (Wildman–Crippen MR) is 93.2 cm³/mol. The Kier molecular flexibility index (Phi) is 6.70. The van der Waals surface area contributed by atoms with Gasteiger partial charge in [0.05, 0.1) is 20.3 Å². The van der Waals surface area contributed by atoms with E-state index in [1.165, 1.54) is 5.56 Å². The van der Waals surface area contributed by atoms with E-state index in [2.05, 4.69) is 6.07 Å². The van der Waals surface area contributed by atoms with Crippen LogP contribution < -0.4 is 9.47 Å². The fraction of sp³-hybridized carbons (Fsp3) is 0.300. The Balaban J connectivity index is 1.80. The molecule has 2 rings (SSSR count). The normalized spacial score (nSPS) is 12.3. The van der Waals surface area contributed by atoms with Gasteiger partial charge in [-0.1, -0.05) is 36.4 Å². The van der Waals surface area contributed by atoms with Crippen molar-refractivity contribution in [1.82, 2.24) is 0 Å². The average molecular weight is 312 g/mol. The van der Waals surface area contributed by atoms with Crippen molar-refractivity contribution in [2.24, 2.45) is 0 Å². The maximum Gasteiger partial charge on any atom is 0.119 e. The van der Waals surface area contributed by atoms with Crippen LogP contribution in [0.3, 0.4) is 0 Å². The van der Waals surface area contributed by atoms with Gasteiger partial charge in [0.1, 0.15) is 11.5 Å².